The summed E-state index contributed by atoms with van der Waals surface area (Å²) in [5.74, 6) is 1.05. The van der Waals surface area contributed by atoms with Gasteiger partial charge in [0.1, 0.15) is 0 Å². The molecule has 2 unspecified atom stereocenters. The molecule has 2 heterocycles. The quantitative estimate of drug-likeness (QED) is 0.320. The zero-order chi connectivity index (χ0) is 20.1. The minimum absolute atomic E-state index is 0. The second kappa shape index (κ2) is 11.6. The first-order valence-corrected chi connectivity index (χ1v) is 11.4. The predicted octanol–water partition coefficient (Wildman–Crippen LogP) is 2.64. The van der Waals surface area contributed by atoms with Gasteiger partial charge in [-0.25, -0.2) is 0 Å². The average Bonchev–Trinajstić information content (AvgIpc) is 3.49. The molecule has 0 bridgehead atoms. The summed E-state index contributed by atoms with van der Waals surface area (Å²) in [6.07, 6.45) is 3.00. The lowest BCUT2D eigenvalue weighted by Gasteiger charge is -2.36. The number of halogens is 1. The number of nitrogens with one attached hydrogen (secondary N) is 1. The van der Waals surface area contributed by atoms with E-state index in [1.165, 1.54) is 18.4 Å². The summed E-state index contributed by atoms with van der Waals surface area (Å²) in [5, 5.41) is 3.52. The van der Waals surface area contributed by atoms with Crippen LogP contribution in [-0.4, -0.2) is 91.3 Å². The largest absolute Gasteiger partial charge is 0.373 e. The summed E-state index contributed by atoms with van der Waals surface area (Å²) < 4.78 is 6.15. The number of hydrogen-bond acceptors (Lipinski definition) is 4. The molecule has 2 atom stereocenters. The van der Waals surface area contributed by atoms with Crippen LogP contribution in [-0.2, 0) is 11.3 Å². The van der Waals surface area contributed by atoms with E-state index in [0.29, 0.717) is 6.04 Å². The molecule has 0 amide bonds. The molecule has 3 aliphatic rings. The molecule has 2 aliphatic heterocycles. The Morgan fingerprint density at radius 1 is 1.20 bits per heavy atom. The van der Waals surface area contributed by atoms with Gasteiger partial charge < -0.3 is 15.0 Å². The number of morpholine rings is 1. The van der Waals surface area contributed by atoms with E-state index in [1.807, 2.05) is 0 Å². The highest BCUT2D eigenvalue weighted by Crippen LogP contribution is 2.26. The number of rotatable bonds is 8. The lowest BCUT2D eigenvalue weighted by molar-refractivity contribution is -0.0502. The van der Waals surface area contributed by atoms with Crippen LogP contribution in [0.3, 0.4) is 0 Å². The van der Waals surface area contributed by atoms with Gasteiger partial charge >= 0.3 is 0 Å². The van der Waals surface area contributed by atoms with Crippen LogP contribution in [0.4, 0.5) is 0 Å². The number of aliphatic imine (C=N–C) groups is 1. The Hall–Kier alpha value is -0.900. The maximum Gasteiger partial charge on any atom is 0.194 e. The van der Waals surface area contributed by atoms with Gasteiger partial charge in [0.2, 0.25) is 0 Å². The van der Waals surface area contributed by atoms with Gasteiger partial charge in [0, 0.05) is 45.3 Å². The molecule has 6 nitrogen and oxygen atoms in total. The third-order valence-corrected chi connectivity index (χ3v) is 6.40. The second-order valence-electron chi connectivity index (χ2n) is 8.43. The van der Waals surface area contributed by atoms with Crippen LogP contribution in [0.5, 0.6) is 0 Å². The normalized spacial score (nSPS) is 24.6. The molecule has 3 fully saturated rings. The minimum atomic E-state index is 0. The average molecular weight is 527 g/mol. The minimum Gasteiger partial charge on any atom is -0.373 e. The first-order valence-electron chi connectivity index (χ1n) is 11.4. The van der Waals surface area contributed by atoms with Crippen molar-refractivity contribution in [1.82, 2.24) is 20.0 Å². The number of ether oxygens (including phenoxy) is 1. The third kappa shape index (κ3) is 6.08. The molecule has 4 rings (SSSR count). The van der Waals surface area contributed by atoms with Crippen LogP contribution in [0.25, 0.3) is 0 Å². The molecule has 0 spiro atoms. The van der Waals surface area contributed by atoms with Crippen molar-refractivity contribution in [2.24, 2.45) is 4.99 Å². The number of nitrogens with zero attached hydrogens (tertiary/aromatic N) is 4. The SMILES string of the molecule is CCNC(=NCCN(CC)C1CC1)N1CC2OCCN(Cc3ccccc3)C2C1.I. The zero-order valence-corrected chi connectivity index (χ0v) is 20.8. The van der Waals surface area contributed by atoms with Gasteiger partial charge in [-0.2, -0.15) is 0 Å². The van der Waals surface area contributed by atoms with Crippen molar-refractivity contribution in [2.75, 3.05) is 52.4 Å². The Morgan fingerprint density at radius 3 is 2.70 bits per heavy atom. The lowest BCUT2D eigenvalue weighted by atomic mass is 10.1. The third-order valence-electron chi connectivity index (χ3n) is 6.40. The van der Waals surface area contributed by atoms with Gasteiger partial charge in [0.25, 0.3) is 0 Å². The Kier molecular flexibility index (Phi) is 9.22. The molecule has 0 aromatic heterocycles. The Balaban J connectivity index is 0.00000256. The van der Waals surface area contributed by atoms with Crippen LogP contribution in [0.15, 0.2) is 35.3 Å². The molecule has 30 heavy (non-hydrogen) atoms. The van der Waals surface area contributed by atoms with Crippen molar-refractivity contribution in [2.45, 2.75) is 51.4 Å². The van der Waals surface area contributed by atoms with Gasteiger partial charge in [-0.15, -0.1) is 24.0 Å². The highest BCUT2D eigenvalue weighted by molar-refractivity contribution is 14.0. The molecular weight excluding hydrogens is 489 g/mol. The van der Waals surface area contributed by atoms with E-state index < -0.39 is 0 Å². The predicted molar refractivity (Wildman–Crippen MR) is 134 cm³/mol. The van der Waals surface area contributed by atoms with Gasteiger partial charge in [0.05, 0.1) is 25.3 Å². The van der Waals surface area contributed by atoms with Gasteiger partial charge in [-0.1, -0.05) is 37.3 Å². The topological polar surface area (TPSA) is 43.3 Å². The van der Waals surface area contributed by atoms with E-state index in [4.69, 9.17) is 9.73 Å². The molecule has 1 aromatic carbocycles. The van der Waals surface area contributed by atoms with E-state index in [2.05, 4.69) is 64.2 Å². The van der Waals surface area contributed by atoms with Crippen molar-refractivity contribution in [3.05, 3.63) is 35.9 Å². The standard InChI is InChI=1S/C23H37N5O.HI/c1-3-24-23(25-12-13-26(4-2)20-10-11-20)28-17-21-22(18-28)29-15-14-27(21)16-19-8-6-5-7-9-19;/h5-9,20-22H,3-4,10-18H2,1-2H3,(H,24,25);1H. The first kappa shape index (κ1) is 23.8. The summed E-state index contributed by atoms with van der Waals surface area (Å²) in [6, 6.07) is 12.0. The van der Waals surface area contributed by atoms with E-state index in [1.54, 1.807) is 0 Å². The van der Waals surface area contributed by atoms with Crippen LogP contribution in [0, 0.1) is 0 Å². The first-order chi connectivity index (χ1) is 14.3. The second-order valence-corrected chi connectivity index (χ2v) is 8.43. The number of likely N-dealkylation sites (tertiary alicyclic amines) is 1. The number of benzene rings is 1. The summed E-state index contributed by atoms with van der Waals surface area (Å²) >= 11 is 0. The zero-order valence-electron chi connectivity index (χ0n) is 18.5. The molecule has 0 radical (unpaired) electrons. The molecule has 1 saturated carbocycles. The van der Waals surface area contributed by atoms with Crippen LogP contribution >= 0.6 is 24.0 Å². The maximum atomic E-state index is 6.15. The summed E-state index contributed by atoms with van der Waals surface area (Å²) in [5.41, 5.74) is 1.38. The molecule has 1 aromatic rings. The van der Waals surface area contributed by atoms with Crippen LogP contribution < -0.4 is 5.32 Å². The van der Waals surface area contributed by atoms with E-state index >= 15 is 0 Å². The van der Waals surface area contributed by atoms with Gasteiger partial charge in [0.15, 0.2) is 5.96 Å². The van der Waals surface area contributed by atoms with Crippen LogP contribution in [0.2, 0.25) is 0 Å². The monoisotopic (exact) mass is 527 g/mol. The molecule has 1 aliphatic carbocycles. The van der Waals surface area contributed by atoms with Crippen molar-refractivity contribution in [1.29, 1.82) is 0 Å². The number of guanidine groups is 1. The van der Waals surface area contributed by atoms with Crippen molar-refractivity contribution in [3.63, 3.8) is 0 Å². The van der Waals surface area contributed by atoms with Gasteiger partial charge in [-0.05, 0) is 31.9 Å². The summed E-state index contributed by atoms with van der Waals surface area (Å²) in [7, 11) is 0. The number of likely N-dealkylation sites (N-methyl/N-ethyl adjacent to an activating group) is 1. The Bertz CT molecular complexity index is 669. The highest BCUT2D eigenvalue weighted by atomic mass is 127. The van der Waals surface area contributed by atoms with Crippen molar-refractivity contribution >= 4 is 29.9 Å². The Morgan fingerprint density at radius 2 is 2.00 bits per heavy atom. The molecule has 168 valence electrons. The number of hydrogen-bond donors (Lipinski definition) is 1. The highest BCUT2D eigenvalue weighted by Gasteiger charge is 2.41. The lowest BCUT2D eigenvalue weighted by Crippen LogP contribution is -2.50. The maximum absolute atomic E-state index is 6.15. The Labute approximate surface area is 199 Å². The van der Waals surface area contributed by atoms with Crippen LogP contribution in [0.1, 0.15) is 32.3 Å². The molecule has 7 heteroatoms. The summed E-state index contributed by atoms with van der Waals surface area (Å²) in [4.78, 5) is 12.6. The molecule has 2 saturated heterocycles. The van der Waals surface area contributed by atoms with E-state index in [-0.39, 0.29) is 30.1 Å². The summed E-state index contributed by atoms with van der Waals surface area (Å²) in [6.45, 7) is 13.1. The van der Waals surface area contributed by atoms with Crippen molar-refractivity contribution < 1.29 is 4.74 Å². The van der Waals surface area contributed by atoms with Crippen molar-refractivity contribution in [3.8, 4) is 0 Å². The molecular formula is C23H38IN5O. The number of fused-ring (bicyclic) bond motifs is 1. The van der Waals surface area contributed by atoms with Gasteiger partial charge in [-0.3, -0.25) is 14.8 Å². The van der Waals surface area contributed by atoms with E-state index in [0.717, 1.165) is 71.0 Å². The van der Waals surface area contributed by atoms with E-state index in [9.17, 15) is 0 Å². The fourth-order valence-corrected chi connectivity index (χ4v) is 4.69. The fraction of sp³-hybridized carbons (Fsp3) is 0.696. The fourth-order valence-electron chi connectivity index (χ4n) is 4.69. The molecule has 1 N–H and O–H groups in total. The smallest absolute Gasteiger partial charge is 0.194 e.